The lowest BCUT2D eigenvalue weighted by Crippen LogP contribution is -1.91. The minimum absolute atomic E-state index is 0.587. The fourth-order valence-corrected chi connectivity index (χ4v) is 1.71. The molecule has 0 saturated heterocycles. The summed E-state index contributed by atoms with van der Waals surface area (Å²) >= 11 is 1.43. The van der Waals surface area contributed by atoms with Gasteiger partial charge in [-0.05, 0) is 12.1 Å². The number of ether oxygens (including phenoxy) is 3. The minimum atomic E-state index is 0.587. The van der Waals surface area contributed by atoms with E-state index in [1.807, 2.05) is 11.4 Å². The maximum Gasteiger partial charge on any atom is 0.278 e. The molecule has 1 heterocycles. The van der Waals surface area contributed by atoms with Gasteiger partial charge < -0.3 is 14.2 Å². The van der Waals surface area contributed by atoms with Gasteiger partial charge in [-0.1, -0.05) is 11.3 Å². The third-order valence-electron chi connectivity index (χ3n) is 1.98. The van der Waals surface area contributed by atoms with Crippen LogP contribution in [0, 0.1) is 0 Å². The van der Waals surface area contributed by atoms with Crippen molar-refractivity contribution in [3.05, 3.63) is 29.8 Å². The number of hydrogen-bond acceptors (Lipinski definition) is 5. The average molecular weight is 237 g/mol. The van der Waals surface area contributed by atoms with E-state index >= 15 is 0 Å². The van der Waals surface area contributed by atoms with Crippen molar-refractivity contribution in [3.63, 3.8) is 0 Å². The molecule has 0 fully saturated rings. The quantitative estimate of drug-likeness (QED) is 0.819. The molecule has 0 atom stereocenters. The molecule has 0 aliphatic carbocycles. The van der Waals surface area contributed by atoms with Gasteiger partial charge in [0.1, 0.15) is 5.75 Å². The first kappa shape index (κ1) is 10.8. The monoisotopic (exact) mass is 237 g/mol. The molecule has 84 valence electrons. The van der Waals surface area contributed by atoms with E-state index in [1.54, 1.807) is 32.5 Å². The lowest BCUT2D eigenvalue weighted by Gasteiger charge is -2.09. The molecule has 0 aliphatic rings. The summed E-state index contributed by atoms with van der Waals surface area (Å²) in [6, 6.07) is 5.37. The van der Waals surface area contributed by atoms with Crippen LogP contribution in [0.4, 0.5) is 0 Å². The third kappa shape index (κ3) is 2.25. The van der Waals surface area contributed by atoms with Crippen molar-refractivity contribution in [2.75, 3.05) is 14.2 Å². The van der Waals surface area contributed by atoms with Crippen LogP contribution in [0.1, 0.15) is 0 Å². The molecule has 0 radical (unpaired) electrons. The number of thiazole rings is 1. The molecule has 0 N–H and O–H groups in total. The van der Waals surface area contributed by atoms with E-state index in [9.17, 15) is 0 Å². The van der Waals surface area contributed by atoms with Crippen LogP contribution in [0.5, 0.6) is 22.4 Å². The van der Waals surface area contributed by atoms with Crippen LogP contribution in [0.25, 0.3) is 0 Å². The molecule has 0 aliphatic heterocycles. The summed E-state index contributed by atoms with van der Waals surface area (Å²) in [5, 5.41) is 2.44. The highest BCUT2D eigenvalue weighted by Gasteiger charge is 2.08. The van der Waals surface area contributed by atoms with Crippen LogP contribution in [-0.4, -0.2) is 19.2 Å². The van der Waals surface area contributed by atoms with Crippen LogP contribution in [0.3, 0.4) is 0 Å². The molecule has 4 nitrogen and oxygen atoms in total. The predicted molar refractivity (Wildman–Crippen MR) is 61.7 cm³/mol. The molecule has 2 rings (SSSR count). The molecular formula is C11H11NO3S. The van der Waals surface area contributed by atoms with E-state index < -0.39 is 0 Å². The zero-order valence-electron chi connectivity index (χ0n) is 8.97. The molecule has 1 aromatic carbocycles. The highest BCUT2D eigenvalue weighted by atomic mass is 32.1. The lowest BCUT2D eigenvalue weighted by atomic mass is 10.3. The Kier molecular flexibility index (Phi) is 3.26. The molecule has 16 heavy (non-hydrogen) atoms. The van der Waals surface area contributed by atoms with Crippen molar-refractivity contribution in [1.82, 2.24) is 4.98 Å². The highest BCUT2D eigenvalue weighted by molar-refractivity contribution is 7.11. The SMILES string of the molecule is COc1ccc(Oc2nccs2)c(OC)c1. The Balaban J connectivity index is 2.26. The standard InChI is InChI=1S/C11H11NO3S/c1-13-8-3-4-9(10(7-8)14-2)15-11-12-5-6-16-11/h3-7H,1-2H3. The van der Waals surface area contributed by atoms with E-state index in [2.05, 4.69) is 4.98 Å². The zero-order valence-corrected chi connectivity index (χ0v) is 9.78. The van der Waals surface area contributed by atoms with E-state index in [-0.39, 0.29) is 0 Å². The van der Waals surface area contributed by atoms with Crippen molar-refractivity contribution >= 4 is 11.3 Å². The number of rotatable bonds is 4. The van der Waals surface area contributed by atoms with Crippen molar-refractivity contribution in [2.45, 2.75) is 0 Å². The minimum Gasteiger partial charge on any atom is -0.497 e. The van der Waals surface area contributed by atoms with Crippen molar-refractivity contribution in [3.8, 4) is 22.4 Å². The molecule has 2 aromatic rings. The Hall–Kier alpha value is -1.75. The van der Waals surface area contributed by atoms with Crippen molar-refractivity contribution in [1.29, 1.82) is 0 Å². The fraction of sp³-hybridized carbons (Fsp3) is 0.182. The Bertz CT molecular complexity index is 456. The third-order valence-corrected chi connectivity index (χ3v) is 2.63. The lowest BCUT2D eigenvalue weighted by molar-refractivity contribution is 0.368. The van der Waals surface area contributed by atoms with Gasteiger partial charge in [0.15, 0.2) is 11.5 Å². The first-order valence-corrected chi connectivity index (χ1v) is 5.51. The van der Waals surface area contributed by atoms with E-state index in [0.717, 1.165) is 5.75 Å². The summed E-state index contributed by atoms with van der Waals surface area (Å²) in [5.74, 6) is 1.97. The van der Waals surface area contributed by atoms with Crippen molar-refractivity contribution < 1.29 is 14.2 Å². The maximum absolute atomic E-state index is 5.57. The second-order valence-corrected chi connectivity index (χ2v) is 3.77. The number of hydrogen-bond donors (Lipinski definition) is 0. The first-order chi connectivity index (χ1) is 7.83. The Labute approximate surface area is 97.4 Å². The summed E-state index contributed by atoms with van der Waals surface area (Å²) in [4.78, 5) is 4.04. The van der Waals surface area contributed by atoms with Gasteiger partial charge in [0.2, 0.25) is 0 Å². The molecule has 0 saturated carbocycles. The van der Waals surface area contributed by atoms with Gasteiger partial charge in [-0.15, -0.1) is 0 Å². The number of aromatic nitrogens is 1. The summed E-state index contributed by atoms with van der Waals surface area (Å²) in [6.45, 7) is 0. The van der Waals surface area contributed by atoms with E-state index in [1.165, 1.54) is 11.3 Å². The number of benzene rings is 1. The predicted octanol–water partition coefficient (Wildman–Crippen LogP) is 2.95. The number of nitrogens with zero attached hydrogens (tertiary/aromatic N) is 1. The fourth-order valence-electron chi connectivity index (χ4n) is 1.21. The number of methoxy groups -OCH3 is 2. The van der Waals surface area contributed by atoms with E-state index in [0.29, 0.717) is 16.7 Å². The molecule has 1 aromatic heterocycles. The summed E-state index contributed by atoms with van der Waals surface area (Å²) < 4.78 is 15.9. The van der Waals surface area contributed by atoms with E-state index in [4.69, 9.17) is 14.2 Å². The van der Waals surface area contributed by atoms with Gasteiger partial charge in [-0.25, -0.2) is 4.98 Å². The Morgan fingerprint density at radius 3 is 2.62 bits per heavy atom. The van der Waals surface area contributed by atoms with Crippen LogP contribution in [0.15, 0.2) is 29.8 Å². The summed E-state index contributed by atoms with van der Waals surface area (Å²) in [6.07, 6.45) is 1.69. The van der Waals surface area contributed by atoms with Gasteiger partial charge >= 0.3 is 0 Å². The first-order valence-electron chi connectivity index (χ1n) is 4.63. The normalized spacial score (nSPS) is 9.88. The summed E-state index contributed by atoms with van der Waals surface area (Å²) in [7, 11) is 3.19. The van der Waals surface area contributed by atoms with Crippen LogP contribution >= 0.6 is 11.3 Å². The maximum atomic E-state index is 5.57. The smallest absolute Gasteiger partial charge is 0.278 e. The second kappa shape index (κ2) is 4.85. The topological polar surface area (TPSA) is 40.6 Å². The average Bonchev–Trinajstić information content (AvgIpc) is 2.82. The van der Waals surface area contributed by atoms with Gasteiger partial charge in [-0.3, -0.25) is 0 Å². The Morgan fingerprint density at radius 2 is 2.00 bits per heavy atom. The van der Waals surface area contributed by atoms with Crippen LogP contribution in [0.2, 0.25) is 0 Å². The second-order valence-electron chi connectivity index (χ2n) is 2.92. The summed E-state index contributed by atoms with van der Waals surface area (Å²) in [5.41, 5.74) is 0. The molecule has 0 spiro atoms. The van der Waals surface area contributed by atoms with Gasteiger partial charge in [0.05, 0.1) is 14.2 Å². The molecule has 0 bridgehead atoms. The van der Waals surface area contributed by atoms with Gasteiger partial charge in [0.25, 0.3) is 5.19 Å². The molecular weight excluding hydrogens is 226 g/mol. The van der Waals surface area contributed by atoms with Crippen LogP contribution in [-0.2, 0) is 0 Å². The van der Waals surface area contributed by atoms with Gasteiger partial charge in [0, 0.05) is 17.6 Å². The van der Waals surface area contributed by atoms with Crippen molar-refractivity contribution in [2.24, 2.45) is 0 Å². The zero-order chi connectivity index (χ0) is 11.4. The largest absolute Gasteiger partial charge is 0.497 e. The molecule has 0 amide bonds. The van der Waals surface area contributed by atoms with Gasteiger partial charge in [-0.2, -0.15) is 0 Å². The molecule has 5 heteroatoms. The molecule has 0 unspecified atom stereocenters. The Morgan fingerprint density at radius 1 is 1.12 bits per heavy atom. The van der Waals surface area contributed by atoms with Crippen LogP contribution < -0.4 is 14.2 Å². The highest BCUT2D eigenvalue weighted by Crippen LogP contribution is 2.34.